The number of rotatable bonds is 4. The van der Waals surface area contributed by atoms with Crippen LogP contribution in [0.2, 0.25) is 5.02 Å². The van der Waals surface area contributed by atoms with Gasteiger partial charge in [0, 0.05) is 11.1 Å². The number of carbonyl (C=O) groups excluding carboxylic acids is 1. The minimum absolute atomic E-state index is 0.0761. The molecule has 2 N–H and O–H groups in total. The molecule has 1 aliphatic heterocycles. The number of carbonyl (C=O) groups is 1. The van der Waals surface area contributed by atoms with Gasteiger partial charge in [0.05, 0.1) is 11.7 Å². The zero-order valence-corrected chi connectivity index (χ0v) is 13.2. The van der Waals surface area contributed by atoms with Crippen LogP contribution in [-0.4, -0.2) is 16.7 Å². The Hall–Kier alpha value is -2.46. The molecule has 0 aliphatic carbocycles. The van der Waals surface area contributed by atoms with E-state index < -0.39 is 5.60 Å². The number of aromatic hydroxyl groups is 1. The van der Waals surface area contributed by atoms with Crippen LogP contribution in [0, 0.1) is 0 Å². The van der Waals surface area contributed by atoms with Gasteiger partial charge in [-0.1, -0.05) is 41.9 Å². The van der Waals surface area contributed by atoms with E-state index in [1.165, 1.54) is 12.1 Å². The van der Waals surface area contributed by atoms with Gasteiger partial charge < -0.3 is 15.2 Å². The highest BCUT2D eigenvalue weighted by Crippen LogP contribution is 2.39. The van der Waals surface area contributed by atoms with Crippen LogP contribution < -0.4 is 5.32 Å². The molecule has 0 aromatic heterocycles. The van der Waals surface area contributed by atoms with Gasteiger partial charge in [0.2, 0.25) is 0 Å². The number of anilines is 1. The molecule has 118 valence electrons. The quantitative estimate of drug-likeness (QED) is 0.655. The largest absolute Gasteiger partial charge is 0.506 e. The van der Waals surface area contributed by atoms with Crippen LogP contribution in [0.5, 0.6) is 5.75 Å². The number of hydrogen-bond acceptors (Lipinski definition) is 4. The molecular formula is C18H16ClNO3. The normalized spacial score (nSPS) is 21.0. The van der Waals surface area contributed by atoms with E-state index in [2.05, 4.69) is 5.32 Å². The Morgan fingerprint density at radius 1 is 1.22 bits per heavy atom. The van der Waals surface area contributed by atoms with Crippen LogP contribution in [0.3, 0.4) is 0 Å². The molecule has 3 rings (SSSR count). The molecular weight excluding hydrogens is 314 g/mol. The average Bonchev–Trinajstić information content (AvgIpc) is 2.89. The van der Waals surface area contributed by atoms with Gasteiger partial charge in [-0.15, -0.1) is 0 Å². The predicted molar refractivity (Wildman–Crippen MR) is 89.6 cm³/mol. The lowest BCUT2D eigenvalue weighted by atomic mass is 9.90. The number of nitrogens with one attached hydrogen (secondary N) is 1. The molecule has 0 bridgehead atoms. The maximum absolute atomic E-state index is 11.6. The minimum atomic E-state index is -0.868. The number of esters is 1. The van der Waals surface area contributed by atoms with E-state index in [-0.39, 0.29) is 17.8 Å². The summed E-state index contributed by atoms with van der Waals surface area (Å²) in [4.78, 5) is 11.6. The van der Waals surface area contributed by atoms with Crippen LogP contribution >= 0.6 is 11.6 Å². The molecule has 0 saturated carbocycles. The second-order valence-electron chi connectivity index (χ2n) is 5.59. The van der Waals surface area contributed by atoms with Gasteiger partial charge >= 0.3 is 5.97 Å². The van der Waals surface area contributed by atoms with Crippen LogP contribution in [0.15, 0.2) is 60.7 Å². The second kappa shape index (κ2) is 5.97. The molecule has 0 fully saturated rings. The van der Waals surface area contributed by atoms with Crippen molar-refractivity contribution in [3.8, 4) is 5.75 Å². The van der Waals surface area contributed by atoms with Crippen molar-refractivity contribution in [1.82, 2.24) is 0 Å². The number of phenolic OH excluding ortho intramolecular Hbond substituents is 1. The summed E-state index contributed by atoms with van der Waals surface area (Å²) < 4.78 is 5.48. The van der Waals surface area contributed by atoms with E-state index >= 15 is 0 Å². The van der Waals surface area contributed by atoms with Gasteiger partial charge in [-0.05, 0) is 36.8 Å². The Morgan fingerprint density at radius 2 is 1.96 bits per heavy atom. The molecule has 0 amide bonds. The maximum atomic E-state index is 11.6. The molecule has 4 nitrogen and oxygen atoms in total. The molecule has 0 spiro atoms. The molecule has 1 aliphatic rings. The topological polar surface area (TPSA) is 58.6 Å². The van der Waals surface area contributed by atoms with E-state index in [4.69, 9.17) is 16.3 Å². The van der Waals surface area contributed by atoms with Crippen molar-refractivity contribution in [2.45, 2.75) is 18.6 Å². The summed E-state index contributed by atoms with van der Waals surface area (Å²) in [5.41, 5.74) is 0.533. The second-order valence-corrected chi connectivity index (χ2v) is 6.02. The zero-order valence-electron chi connectivity index (χ0n) is 12.5. The molecule has 1 heterocycles. The summed E-state index contributed by atoms with van der Waals surface area (Å²) in [5, 5.41) is 13.8. The van der Waals surface area contributed by atoms with E-state index in [0.717, 1.165) is 5.56 Å². The first-order valence-corrected chi connectivity index (χ1v) is 7.58. The van der Waals surface area contributed by atoms with Gasteiger partial charge in [0.1, 0.15) is 5.75 Å². The summed E-state index contributed by atoms with van der Waals surface area (Å²) in [7, 11) is 0. The van der Waals surface area contributed by atoms with Crippen molar-refractivity contribution >= 4 is 23.3 Å². The first-order chi connectivity index (χ1) is 11.0. The number of benzene rings is 2. The highest BCUT2D eigenvalue weighted by Gasteiger charge is 2.40. The number of phenols is 1. The lowest BCUT2D eigenvalue weighted by Crippen LogP contribution is -2.37. The van der Waals surface area contributed by atoms with Crippen molar-refractivity contribution in [2.24, 2.45) is 0 Å². The Kier molecular flexibility index (Phi) is 4.01. The van der Waals surface area contributed by atoms with Crippen LogP contribution in [0.4, 0.5) is 5.69 Å². The molecule has 0 radical (unpaired) electrons. The first-order valence-electron chi connectivity index (χ1n) is 7.20. The van der Waals surface area contributed by atoms with Crippen LogP contribution in [-0.2, 0) is 9.53 Å². The zero-order chi connectivity index (χ0) is 16.4. The number of ether oxygens (including phenoxy) is 1. The average molecular weight is 330 g/mol. The lowest BCUT2D eigenvalue weighted by Gasteiger charge is -2.33. The number of halogens is 1. The third-order valence-corrected chi connectivity index (χ3v) is 4.07. The predicted octanol–water partition coefficient (Wildman–Crippen LogP) is 4.07. The standard InChI is InChI=1S/C18H16ClNO3/c1-18(10-9-16(22)23-18)17(12-5-3-2-4-6-12)20-14-11-13(19)7-8-15(14)21/h2-11,17,20-21H,1H3/t17-,18?/m1/s1. The van der Waals surface area contributed by atoms with E-state index in [0.29, 0.717) is 10.7 Å². The number of cyclic esters (lactones) is 1. The third kappa shape index (κ3) is 3.17. The van der Waals surface area contributed by atoms with Crippen molar-refractivity contribution in [1.29, 1.82) is 0 Å². The molecule has 5 heteroatoms. The monoisotopic (exact) mass is 329 g/mol. The summed E-state index contributed by atoms with van der Waals surface area (Å²) in [5.74, 6) is -0.308. The fourth-order valence-corrected chi connectivity index (χ4v) is 2.83. The van der Waals surface area contributed by atoms with Crippen LogP contribution in [0.1, 0.15) is 18.5 Å². The highest BCUT2D eigenvalue weighted by molar-refractivity contribution is 6.30. The fraction of sp³-hybridized carbons (Fsp3) is 0.167. The number of hydrogen-bond donors (Lipinski definition) is 2. The minimum Gasteiger partial charge on any atom is -0.506 e. The van der Waals surface area contributed by atoms with Crippen LogP contribution in [0.25, 0.3) is 0 Å². The summed E-state index contributed by atoms with van der Waals surface area (Å²) >= 11 is 6.01. The highest BCUT2D eigenvalue weighted by atomic mass is 35.5. The Morgan fingerprint density at radius 3 is 2.61 bits per heavy atom. The van der Waals surface area contributed by atoms with Crippen molar-refractivity contribution in [3.63, 3.8) is 0 Å². The third-order valence-electron chi connectivity index (χ3n) is 3.84. The van der Waals surface area contributed by atoms with Gasteiger partial charge in [-0.2, -0.15) is 0 Å². The van der Waals surface area contributed by atoms with Crippen molar-refractivity contribution < 1.29 is 14.6 Å². The lowest BCUT2D eigenvalue weighted by molar-refractivity contribution is -0.145. The van der Waals surface area contributed by atoms with Crippen molar-refractivity contribution in [3.05, 3.63) is 71.3 Å². The molecule has 2 aromatic rings. The Labute approximate surface area is 139 Å². The molecule has 2 atom stereocenters. The summed E-state index contributed by atoms with van der Waals surface area (Å²) in [6.45, 7) is 1.82. The summed E-state index contributed by atoms with van der Waals surface area (Å²) in [6, 6.07) is 14.0. The first kappa shape index (κ1) is 15.4. The van der Waals surface area contributed by atoms with Gasteiger partial charge in [0.15, 0.2) is 5.60 Å². The van der Waals surface area contributed by atoms with E-state index in [1.54, 1.807) is 18.2 Å². The molecule has 1 unspecified atom stereocenters. The molecule has 23 heavy (non-hydrogen) atoms. The summed E-state index contributed by atoms with van der Waals surface area (Å²) in [6.07, 6.45) is 3.14. The Bertz CT molecular complexity index is 760. The van der Waals surface area contributed by atoms with Crippen molar-refractivity contribution in [2.75, 3.05) is 5.32 Å². The molecule has 0 saturated heterocycles. The van der Waals surface area contributed by atoms with Gasteiger partial charge in [-0.25, -0.2) is 4.79 Å². The SMILES string of the molecule is CC1([C@H](Nc2cc(Cl)ccc2O)c2ccccc2)C=CC(=O)O1. The maximum Gasteiger partial charge on any atom is 0.331 e. The Balaban J connectivity index is 2.01. The van der Waals surface area contributed by atoms with E-state index in [9.17, 15) is 9.90 Å². The fourth-order valence-electron chi connectivity index (χ4n) is 2.66. The van der Waals surface area contributed by atoms with Gasteiger partial charge in [-0.3, -0.25) is 0 Å². The smallest absolute Gasteiger partial charge is 0.331 e. The molecule has 2 aromatic carbocycles. The van der Waals surface area contributed by atoms with Gasteiger partial charge in [0.25, 0.3) is 0 Å². The van der Waals surface area contributed by atoms with E-state index in [1.807, 2.05) is 37.3 Å².